The molecule has 2 aromatic carbocycles. The molecule has 5 rings (SSSR count). The lowest BCUT2D eigenvalue weighted by atomic mass is 10.1. The van der Waals surface area contributed by atoms with Crippen molar-refractivity contribution >= 4 is 26.6 Å². The summed E-state index contributed by atoms with van der Waals surface area (Å²) in [5.41, 5.74) is 5.85. The zero-order valence-corrected chi connectivity index (χ0v) is 21.1. The zero-order valence-electron chi connectivity index (χ0n) is 20.3. The van der Waals surface area contributed by atoms with Crippen LogP contribution in [0, 0.1) is 13.8 Å². The van der Waals surface area contributed by atoms with Gasteiger partial charge < -0.3 is 9.47 Å². The Balaban J connectivity index is 1.40. The molecule has 3 heterocycles. The van der Waals surface area contributed by atoms with Crippen molar-refractivity contribution in [2.45, 2.75) is 39.4 Å². The van der Waals surface area contributed by atoms with Crippen LogP contribution in [-0.2, 0) is 27.7 Å². The van der Waals surface area contributed by atoms with E-state index in [9.17, 15) is 13.2 Å². The van der Waals surface area contributed by atoms with Crippen molar-refractivity contribution in [1.29, 1.82) is 0 Å². The molecule has 0 unspecified atom stereocenters. The highest BCUT2D eigenvalue weighted by Gasteiger charge is 2.31. The quantitative estimate of drug-likeness (QED) is 0.407. The van der Waals surface area contributed by atoms with Crippen LogP contribution in [0.4, 0.5) is 0 Å². The highest BCUT2D eigenvalue weighted by molar-refractivity contribution is 7.91. The molecule has 0 radical (unpaired) electrons. The average Bonchev–Trinajstić information content (AvgIpc) is 3.48. The van der Waals surface area contributed by atoms with Crippen molar-refractivity contribution < 1.29 is 13.2 Å². The Hall–Kier alpha value is -3.39. The van der Waals surface area contributed by atoms with Gasteiger partial charge in [-0.2, -0.15) is 5.10 Å². The van der Waals surface area contributed by atoms with Gasteiger partial charge in [0.2, 0.25) is 5.91 Å². The van der Waals surface area contributed by atoms with Crippen LogP contribution >= 0.6 is 0 Å². The van der Waals surface area contributed by atoms with E-state index >= 15 is 0 Å². The molecule has 0 aliphatic carbocycles. The number of hydrogen-bond acceptors (Lipinski definition) is 4. The molecule has 0 bridgehead atoms. The number of benzene rings is 2. The number of likely N-dealkylation sites (N-methyl/N-ethyl adjacent to an activating group) is 1. The number of fused-ring (bicyclic) bond motifs is 1. The van der Waals surface area contributed by atoms with Crippen molar-refractivity contribution in [3.63, 3.8) is 0 Å². The maximum atomic E-state index is 13.4. The van der Waals surface area contributed by atoms with Crippen molar-refractivity contribution in [2.75, 3.05) is 18.6 Å². The van der Waals surface area contributed by atoms with Crippen molar-refractivity contribution in [3.05, 3.63) is 77.6 Å². The van der Waals surface area contributed by atoms with Gasteiger partial charge in [0.25, 0.3) is 0 Å². The summed E-state index contributed by atoms with van der Waals surface area (Å²) in [5.74, 6) is 0.336. The average molecular weight is 491 g/mol. The fourth-order valence-corrected chi connectivity index (χ4v) is 6.75. The first-order chi connectivity index (χ1) is 16.7. The van der Waals surface area contributed by atoms with Gasteiger partial charge in [-0.1, -0.05) is 48.5 Å². The summed E-state index contributed by atoms with van der Waals surface area (Å²) < 4.78 is 27.9. The van der Waals surface area contributed by atoms with Crippen LogP contribution in [0.25, 0.3) is 22.2 Å². The lowest BCUT2D eigenvalue weighted by Crippen LogP contribution is -2.30. The van der Waals surface area contributed by atoms with Crippen LogP contribution in [0.1, 0.15) is 29.4 Å². The van der Waals surface area contributed by atoms with Crippen LogP contribution in [0.2, 0.25) is 0 Å². The Morgan fingerprint density at radius 2 is 1.80 bits per heavy atom. The lowest BCUT2D eigenvalue weighted by Gasteiger charge is -2.20. The van der Waals surface area contributed by atoms with Gasteiger partial charge in [-0.25, -0.2) is 8.42 Å². The third kappa shape index (κ3) is 4.50. The maximum absolute atomic E-state index is 13.4. The van der Waals surface area contributed by atoms with Gasteiger partial charge in [0.05, 0.1) is 23.2 Å². The number of aryl methyl sites for hydroxylation is 1. The number of nitrogens with zero attached hydrogens (tertiary/aromatic N) is 4. The number of carbonyl (C=O) groups excluding carboxylic acids is 1. The van der Waals surface area contributed by atoms with E-state index in [-0.39, 0.29) is 30.0 Å². The molecule has 2 aromatic heterocycles. The molecule has 1 aliphatic rings. The Kier molecular flexibility index (Phi) is 6.01. The first-order valence-corrected chi connectivity index (χ1v) is 13.7. The van der Waals surface area contributed by atoms with Gasteiger partial charge >= 0.3 is 0 Å². The molecule has 1 atom stereocenters. The molecule has 0 saturated carbocycles. The Morgan fingerprint density at radius 3 is 2.51 bits per heavy atom. The fourth-order valence-electron chi connectivity index (χ4n) is 5.06. The van der Waals surface area contributed by atoms with Crippen LogP contribution in [0.5, 0.6) is 0 Å². The molecule has 1 fully saturated rings. The SMILES string of the molecule is Cc1nn([C@H]2CCS(=O)(=O)C2)c(C)c1CN(C)C(=O)Cn1c(-c2ccccc2)cc2ccccc21. The van der Waals surface area contributed by atoms with Gasteiger partial charge in [0, 0.05) is 41.4 Å². The maximum Gasteiger partial charge on any atom is 0.242 e. The molecule has 7 nitrogen and oxygen atoms in total. The number of para-hydroxylation sites is 1. The highest BCUT2D eigenvalue weighted by atomic mass is 32.2. The molecule has 35 heavy (non-hydrogen) atoms. The number of rotatable bonds is 6. The Morgan fingerprint density at radius 1 is 1.09 bits per heavy atom. The van der Waals surface area contributed by atoms with E-state index in [4.69, 9.17) is 0 Å². The summed E-state index contributed by atoms with van der Waals surface area (Å²) in [6.45, 7) is 4.54. The molecule has 182 valence electrons. The van der Waals surface area contributed by atoms with E-state index in [2.05, 4.69) is 33.9 Å². The molecule has 0 spiro atoms. The van der Waals surface area contributed by atoms with Crippen molar-refractivity contribution in [2.24, 2.45) is 0 Å². The highest BCUT2D eigenvalue weighted by Crippen LogP contribution is 2.29. The normalized spacial score (nSPS) is 17.2. The van der Waals surface area contributed by atoms with Crippen molar-refractivity contribution in [1.82, 2.24) is 19.2 Å². The topological polar surface area (TPSA) is 77.2 Å². The summed E-state index contributed by atoms with van der Waals surface area (Å²) >= 11 is 0. The number of amides is 1. The van der Waals surface area contributed by atoms with E-state index in [1.54, 1.807) is 4.90 Å². The van der Waals surface area contributed by atoms with Crippen LogP contribution in [0.3, 0.4) is 0 Å². The minimum absolute atomic E-state index is 0.00136. The standard InChI is InChI=1S/C27H30N4O3S/c1-19-24(20(2)31(28-19)23-13-14-35(33,34)18-23)16-29(3)27(32)17-30-25-12-8-7-11-22(25)15-26(30)21-9-5-4-6-10-21/h4-12,15,23H,13-14,16-18H2,1-3H3/t23-/m0/s1. The summed E-state index contributed by atoms with van der Waals surface area (Å²) in [5, 5.41) is 5.75. The first-order valence-electron chi connectivity index (χ1n) is 11.9. The van der Waals surface area contributed by atoms with E-state index in [1.807, 2.05) is 62.0 Å². The second kappa shape index (κ2) is 9.00. The molecule has 4 aromatic rings. The van der Waals surface area contributed by atoms with Crippen LogP contribution < -0.4 is 0 Å². The number of aromatic nitrogens is 3. The zero-order chi connectivity index (χ0) is 24.7. The van der Waals surface area contributed by atoms with Gasteiger partial charge in [-0.3, -0.25) is 9.48 Å². The smallest absolute Gasteiger partial charge is 0.242 e. The van der Waals surface area contributed by atoms with E-state index in [1.165, 1.54) is 0 Å². The monoisotopic (exact) mass is 490 g/mol. The Bertz CT molecular complexity index is 1500. The predicted octanol–water partition coefficient (Wildman–Crippen LogP) is 4.14. The minimum Gasteiger partial charge on any atom is -0.340 e. The predicted molar refractivity (Wildman–Crippen MR) is 138 cm³/mol. The number of hydrogen-bond donors (Lipinski definition) is 0. The molecule has 1 aliphatic heterocycles. The first kappa shape index (κ1) is 23.4. The lowest BCUT2D eigenvalue weighted by molar-refractivity contribution is -0.130. The van der Waals surface area contributed by atoms with Gasteiger partial charge in [0.1, 0.15) is 6.54 Å². The third-order valence-electron chi connectivity index (χ3n) is 7.02. The van der Waals surface area contributed by atoms with Gasteiger partial charge in [0.15, 0.2) is 9.84 Å². The van der Waals surface area contributed by atoms with E-state index in [0.29, 0.717) is 13.0 Å². The summed E-state index contributed by atoms with van der Waals surface area (Å²) in [4.78, 5) is 15.1. The van der Waals surface area contributed by atoms with Crippen LogP contribution in [-0.4, -0.2) is 52.1 Å². The second-order valence-corrected chi connectivity index (χ2v) is 11.7. The van der Waals surface area contributed by atoms with Gasteiger partial charge in [-0.15, -0.1) is 0 Å². The minimum atomic E-state index is -3.00. The Labute approximate surface area is 205 Å². The van der Waals surface area contributed by atoms with Crippen molar-refractivity contribution in [3.8, 4) is 11.3 Å². The molecule has 8 heteroatoms. The molecular weight excluding hydrogens is 460 g/mol. The largest absolute Gasteiger partial charge is 0.340 e. The molecule has 1 amide bonds. The summed E-state index contributed by atoms with van der Waals surface area (Å²) in [6.07, 6.45) is 0.585. The second-order valence-electron chi connectivity index (χ2n) is 9.44. The summed E-state index contributed by atoms with van der Waals surface area (Å²) in [7, 11) is -1.19. The van der Waals surface area contributed by atoms with Gasteiger partial charge in [-0.05, 0) is 38.0 Å². The molecule has 1 saturated heterocycles. The molecular formula is C27H30N4O3S. The van der Waals surface area contributed by atoms with Crippen LogP contribution in [0.15, 0.2) is 60.7 Å². The van der Waals surface area contributed by atoms with E-state index in [0.717, 1.165) is 39.1 Å². The summed E-state index contributed by atoms with van der Waals surface area (Å²) in [6, 6.07) is 20.2. The molecule has 0 N–H and O–H groups in total. The van der Waals surface area contributed by atoms with E-state index < -0.39 is 9.84 Å². The third-order valence-corrected chi connectivity index (χ3v) is 8.77. The number of carbonyl (C=O) groups is 1. The number of sulfone groups is 1. The fraction of sp³-hybridized carbons (Fsp3) is 0.333.